The van der Waals surface area contributed by atoms with Crippen LogP contribution in [0.5, 0.6) is 5.75 Å². The van der Waals surface area contributed by atoms with E-state index in [1.807, 2.05) is 19.9 Å². The molecule has 9 heteroatoms. The lowest BCUT2D eigenvalue weighted by Crippen LogP contribution is -2.40. The second-order valence-electron chi connectivity index (χ2n) is 8.08. The maximum atomic E-state index is 13.1. The number of nitrogens with zero attached hydrogens (tertiary/aromatic N) is 1. The number of rotatable bonds is 10. The first kappa shape index (κ1) is 25.2. The van der Waals surface area contributed by atoms with Gasteiger partial charge in [-0.1, -0.05) is 12.1 Å². The van der Waals surface area contributed by atoms with Crippen LogP contribution in [0.25, 0.3) is 11.1 Å². The zero-order valence-electron chi connectivity index (χ0n) is 19.4. The van der Waals surface area contributed by atoms with Crippen LogP contribution >= 0.6 is 0 Å². The fraction of sp³-hybridized carbons (Fsp3) is 0.458. The van der Waals surface area contributed by atoms with Crippen LogP contribution in [0.15, 0.2) is 47.4 Å². The summed E-state index contributed by atoms with van der Waals surface area (Å²) in [6.07, 6.45) is 0.684. The van der Waals surface area contributed by atoms with Gasteiger partial charge in [-0.05, 0) is 49.7 Å². The van der Waals surface area contributed by atoms with E-state index in [0.29, 0.717) is 68.4 Å². The molecule has 0 aliphatic carbocycles. The van der Waals surface area contributed by atoms with Crippen molar-refractivity contribution in [3.05, 3.63) is 48.0 Å². The van der Waals surface area contributed by atoms with Gasteiger partial charge >= 0.3 is 0 Å². The Morgan fingerprint density at radius 2 is 1.88 bits per heavy atom. The Hall–Kier alpha value is -2.46. The third-order valence-corrected chi connectivity index (χ3v) is 7.06. The number of sulfonamides is 1. The molecule has 1 heterocycles. The maximum absolute atomic E-state index is 13.1. The number of ether oxygens (including phenoxy) is 3. The third-order valence-electron chi connectivity index (χ3n) is 5.17. The topological polar surface area (TPSA) is 94.2 Å². The fourth-order valence-corrected chi connectivity index (χ4v) is 4.97. The van der Waals surface area contributed by atoms with Crippen molar-refractivity contribution in [2.75, 3.05) is 46.6 Å². The van der Waals surface area contributed by atoms with Crippen LogP contribution in [-0.4, -0.2) is 71.3 Å². The van der Waals surface area contributed by atoms with Gasteiger partial charge in [0.05, 0.1) is 24.7 Å². The molecule has 1 N–H and O–H groups in total. The van der Waals surface area contributed by atoms with Gasteiger partial charge in [0.2, 0.25) is 10.0 Å². The Bertz CT molecular complexity index is 1050. The van der Waals surface area contributed by atoms with Crippen molar-refractivity contribution < 1.29 is 27.4 Å². The van der Waals surface area contributed by atoms with Crippen LogP contribution in [0, 0.1) is 0 Å². The van der Waals surface area contributed by atoms with Crippen LogP contribution < -0.4 is 10.1 Å². The lowest BCUT2D eigenvalue weighted by atomic mass is 10.0. The SMILES string of the molecule is COCCCOc1cc(C(=O)NC(C)C)ccc1-c1cccc(S(=O)(=O)N2CCOCC2)c1. The Labute approximate surface area is 195 Å². The molecule has 0 radical (unpaired) electrons. The number of nitrogens with one attached hydrogen (secondary N) is 1. The highest BCUT2D eigenvalue weighted by Crippen LogP contribution is 2.33. The second-order valence-corrected chi connectivity index (χ2v) is 10.0. The van der Waals surface area contributed by atoms with Crippen molar-refractivity contribution in [2.45, 2.75) is 31.2 Å². The molecular formula is C24H32N2O6S. The summed E-state index contributed by atoms with van der Waals surface area (Å²) in [5.41, 5.74) is 1.89. The van der Waals surface area contributed by atoms with E-state index in [1.165, 1.54) is 4.31 Å². The predicted octanol–water partition coefficient (Wildman–Crippen LogP) is 2.93. The van der Waals surface area contributed by atoms with Gasteiger partial charge in [-0.2, -0.15) is 4.31 Å². The smallest absolute Gasteiger partial charge is 0.251 e. The van der Waals surface area contributed by atoms with Gasteiger partial charge in [0, 0.05) is 50.4 Å². The number of carbonyl (C=O) groups excluding carboxylic acids is 1. The van der Waals surface area contributed by atoms with E-state index < -0.39 is 10.0 Å². The van der Waals surface area contributed by atoms with E-state index in [4.69, 9.17) is 14.2 Å². The number of hydrogen-bond acceptors (Lipinski definition) is 6. The van der Waals surface area contributed by atoms with Crippen molar-refractivity contribution in [3.8, 4) is 16.9 Å². The summed E-state index contributed by atoms with van der Waals surface area (Å²) in [5, 5.41) is 2.88. The average molecular weight is 477 g/mol. The molecule has 33 heavy (non-hydrogen) atoms. The number of carbonyl (C=O) groups is 1. The van der Waals surface area contributed by atoms with E-state index in [1.54, 1.807) is 43.5 Å². The molecule has 0 unspecified atom stereocenters. The van der Waals surface area contributed by atoms with E-state index in [0.717, 1.165) is 0 Å². The first-order chi connectivity index (χ1) is 15.8. The summed E-state index contributed by atoms with van der Waals surface area (Å²) in [7, 11) is -2.01. The molecule has 2 aromatic carbocycles. The zero-order chi connectivity index (χ0) is 23.8. The van der Waals surface area contributed by atoms with Crippen LogP contribution in [0.3, 0.4) is 0 Å². The summed E-state index contributed by atoms with van der Waals surface area (Å²) in [5.74, 6) is 0.324. The molecule has 1 aliphatic heterocycles. The first-order valence-corrected chi connectivity index (χ1v) is 12.5. The van der Waals surface area contributed by atoms with Crippen LogP contribution in [0.4, 0.5) is 0 Å². The van der Waals surface area contributed by atoms with Gasteiger partial charge in [0.25, 0.3) is 5.91 Å². The van der Waals surface area contributed by atoms with E-state index in [9.17, 15) is 13.2 Å². The largest absolute Gasteiger partial charge is 0.493 e. The highest BCUT2D eigenvalue weighted by molar-refractivity contribution is 7.89. The number of methoxy groups -OCH3 is 1. The highest BCUT2D eigenvalue weighted by atomic mass is 32.2. The number of hydrogen-bond donors (Lipinski definition) is 1. The standard InChI is InChI=1S/C24H32N2O6S/c1-18(2)25-24(27)20-8-9-22(23(17-20)32-13-5-12-30-3)19-6-4-7-21(16-19)33(28,29)26-10-14-31-15-11-26/h4,6-9,16-18H,5,10-15H2,1-3H3,(H,25,27). The Balaban J connectivity index is 1.94. The molecule has 8 nitrogen and oxygen atoms in total. The van der Waals surface area contributed by atoms with Crippen molar-refractivity contribution in [2.24, 2.45) is 0 Å². The molecule has 1 aliphatic rings. The Kier molecular flexibility index (Phi) is 8.85. The molecule has 1 fully saturated rings. The minimum absolute atomic E-state index is 0.00493. The Morgan fingerprint density at radius 1 is 1.12 bits per heavy atom. The second kappa shape index (κ2) is 11.6. The molecule has 1 saturated heterocycles. The van der Waals surface area contributed by atoms with Gasteiger partial charge in [0.15, 0.2) is 0 Å². The van der Waals surface area contributed by atoms with Crippen molar-refractivity contribution in [3.63, 3.8) is 0 Å². The molecule has 1 amide bonds. The highest BCUT2D eigenvalue weighted by Gasteiger charge is 2.26. The molecule has 3 rings (SSSR count). The molecule has 2 aromatic rings. The summed E-state index contributed by atoms with van der Waals surface area (Å²) in [4.78, 5) is 12.7. The predicted molar refractivity (Wildman–Crippen MR) is 126 cm³/mol. The number of amides is 1. The third kappa shape index (κ3) is 6.54. The van der Waals surface area contributed by atoms with Crippen LogP contribution in [0.2, 0.25) is 0 Å². The van der Waals surface area contributed by atoms with E-state index >= 15 is 0 Å². The lowest BCUT2D eigenvalue weighted by Gasteiger charge is -2.26. The van der Waals surface area contributed by atoms with Gasteiger partial charge in [-0.15, -0.1) is 0 Å². The number of morpholine rings is 1. The van der Waals surface area contributed by atoms with Gasteiger partial charge in [-0.3, -0.25) is 4.79 Å². The van der Waals surface area contributed by atoms with E-state index in [-0.39, 0.29) is 16.8 Å². The molecule has 0 aromatic heterocycles. The van der Waals surface area contributed by atoms with E-state index in [2.05, 4.69) is 5.32 Å². The molecule has 0 spiro atoms. The molecule has 0 atom stereocenters. The first-order valence-electron chi connectivity index (χ1n) is 11.1. The molecule has 0 saturated carbocycles. The zero-order valence-corrected chi connectivity index (χ0v) is 20.2. The summed E-state index contributed by atoms with van der Waals surface area (Å²) < 4.78 is 44.0. The maximum Gasteiger partial charge on any atom is 0.251 e. The normalized spacial score (nSPS) is 14.9. The van der Waals surface area contributed by atoms with Crippen molar-refractivity contribution >= 4 is 15.9 Å². The Morgan fingerprint density at radius 3 is 2.58 bits per heavy atom. The monoisotopic (exact) mass is 476 g/mol. The van der Waals surface area contributed by atoms with Crippen LogP contribution in [0.1, 0.15) is 30.6 Å². The number of benzene rings is 2. The van der Waals surface area contributed by atoms with Crippen LogP contribution in [-0.2, 0) is 19.5 Å². The van der Waals surface area contributed by atoms with Gasteiger partial charge in [-0.25, -0.2) is 8.42 Å². The summed E-state index contributed by atoms with van der Waals surface area (Å²) in [6.45, 7) is 6.19. The minimum Gasteiger partial charge on any atom is -0.493 e. The summed E-state index contributed by atoms with van der Waals surface area (Å²) in [6, 6.07) is 12.0. The molecule has 0 bridgehead atoms. The average Bonchev–Trinajstić information content (AvgIpc) is 2.82. The molecule has 180 valence electrons. The van der Waals surface area contributed by atoms with Crippen molar-refractivity contribution in [1.29, 1.82) is 0 Å². The summed E-state index contributed by atoms with van der Waals surface area (Å²) >= 11 is 0. The lowest BCUT2D eigenvalue weighted by molar-refractivity contribution is 0.0730. The quantitative estimate of drug-likeness (QED) is 0.530. The molecular weight excluding hydrogens is 444 g/mol. The van der Waals surface area contributed by atoms with Crippen molar-refractivity contribution in [1.82, 2.24) is 9.62 Å². The minimum atomic E-state index is -3.63. The van der Waals surface area contributed by atoms with Gasteiger partial charge in [0.1, 0.15) is 5.75 Å². The van der Waals surface area contributed by atoms with Gasteiger partial charge < -0.3 is 19.5 Å². The fourth-order valence-electron chi connectivity index (χ4n) is 3.51.